The molecule has 0 radical (unpaired) electrons. The summed E-state index contributed by atoms with van der Waals surface area (Å²) < 4.78 is 0. The van der Waals surface area contributed by atoms with Crippen molar-refractivity contribution >= 4 is 57.0 Å². The van der Waals surface area contributed by atoms with E-state index >= 15 is 0 Å². The Kier molecular flexibility index (Phi) is 5.02. The van der Waals surface area contributed by atoms with Gasteiger partial charge in [-0.15, -0.1) is 11.3 Å². The third-order valence-electron chi connectivity index (χ3n) is 4.66. The predicted molar refractivity (Wildman–Crippen MR) is 109 cm³/mol. The molecule has 0 spiro atoms. The molecule has 1 amide bonds. The number of rotatable bonds is 3. The highest BCUT2D eigenvalue weighted by molar-refractivity contribution is 7.12. The van der Waals surface area contributed by atoms with E-state index in [-0.39, 0.29) is 11.9 Å². The topological polar surface area (TPSA) is 45.2 Å². The number of benzene rings is 1. The molecule has 26 heavy (non-hydrogen) atoms. The molecule has 0 atom stereocenters. The van der Waals surface area contributed by atoms with Crippen LogP contribution in [0.25, 0.3) is 10.8 Å². The van der Waals surface area contributed by atoms with Crippen LogP contribution in [0.3, 0.4) is 0 Å². The Labute approximate surface area is 165 Å². The molecular formula is C19H17Cl2N3OS. The molecule has 1 saturated heterocycles. The van der Waals surface area contributed by atoms with Crippen molar-refractivity contribution in [1.29, 1.82) is 0 Å². The van der Waals surface area contributed by atoms with Crippen LogP contribution < -0.4 is 10.2 Å². The van der Waals surface area contributed by atoms with Crippen molar-refractivity contribution in [3.63, 3.8) is 0 Å². The van der Waals surface area contributed by atoms with Gasteiger partial charge >= 0.3 is 0 Å². The van der Waals surface area contributed by atoms with Crippen LogP contribution in [-0.4, -0.2) is 30.0 Å². The molecule has 1 aromatic carbocycles. The van der Waals surface area contributed by atoms with Crippen molar-refractivity contribution in [3.8, 4) is 0 Å². The second-order valence-electron chi connectivity index (χ2n) is 6.33. The Balaban J connectivity index is 1.44. The molecule has 134 valence electrons. The number of halogens is 2. The van der Waals surface area contributed by atoms with E-state index < -0.39 is 0 Å². The molecule has 1 fully saturated rings. The summed E-state index contributed by atoms with van der Waals surface area (Å²) >= 11 is 13.5. The molecule has 1 aliphatic rings. The number of hydrogen-bond acceptors (Lipinski definition) is 4. The van der Waals surface area contributed by atoms with Gasteiger partial charge < -0.3 is 10.2 Å². The van der Waals surface area contributed by atoms with E-state index in [1.807, 2.05) is 35.8 Å². The minimum atomic E-state index is -0.0821. The smallest absolute Gasteiger partial charge is 0.263 e. The molecule has 3 heterocycles. The number of carbonyl (C=O) groups is 1. The average molecular weight is 406 g/mol. The number of pyridine rings is 1. The number of carbonyl (C=O) groups excluding carboxylic acids is 1. The van der Waals surface area contributed by atoms with Gasteiger partial charge in [0.25, 0.3) is 5.91 Å². The van der Waals surface area contributed by atoms with Crippen LogP contribution in [0.4, 0.5) is 5.82 Å². The Morgan fingerprint density at radius 1 is 1.19 bits per heavy atom. The van der Waals surface area contributed by atoms with Gasteiger partial charge in [-0.25, -0.2) is 4.98 Å². The standard InChI is InChI=1S/C19H17Cl2N3OS/c20-13-1-2-15-12(11-13)3-7-22-18(15)24-8-4-14(5-9-24)23-19(25)17-16(21)6-10-26-17/h1-3,6-7,10-11,14H,4-5,8-9H2,(H,23,25). The van der Waals surface area contributed by atoms with Crippen molar-refractivity contribution in [3.05, 3.63) is 56.8 Å². The molecule has 2 aromatic heterocycles. The molecule has 0 unspecified atom stereocenters. The van der Waals surface area contributed by atoms with Crippen LogP contribution in [0, 0.1) is 0 Å². The fraction of sp³-hybridized carbons (Fsp3) is 0.263. The summed E-state index contributed by atoms with van der Waals surface area (Å²) in [4.78, 5) is 19.8. The fourth-order valence-corrected chi connectivity index (χ4v) is 4.55. The first-order valence-electron chi connectivity index (χ1n) is 8.45. The molecule has 0 bridgehead atoms. The number of amides is 1. The molecular weight excluding hydrogens is 389 g/mol. The Morgan fingerprint density at radius 3 is 2.73 bits per heavy atom. The first-order chi connectivity index (χ1) is 12.6. The average Bonchev–Trinajstić information content (AvgIpc) is 3.08. The van der Waals surface area contributed by atoms with Crippen LogP contribution in [0.1, 0.15) is 22.5 Å². The number of thiophene rings is 1. The van der Waals surface area contributed by atoms with E-state index in [1.165, 1.54) is 11.3 Å². The highest BCUT2D eigenvalue weighted by Crippen LogP contribution is 2.29. The summed E-state index contributed by atoms with van der Waals surface area (Å²) in [6.45, 7) is 1.69. The van der Waals surface area contributed by atoms with Gasteiger partial charge in [-0.1, -0.05) is 23.2 Å². The van der Waals surface area contributed by atoms with Crippen molar-refractivity contribution in [2.45, 2.75) is 18.9 Å². The second-order valence-corrected chi connectivity index (χ2v) is 8.09. The van der Waals surface area contributed by atoms with Gasteiger partial charge in [0.05, 0.1) is 5.02 Å². The number of anilines is 1. The highest BCUT2D eigenvalue weighted by atomic mass is 35.5. The quantitative estimate of drug-likeness (QED) is 0.666. The van der Waals surface area contributed by atoms with Crippen LogP contribution in [0.5, 0.6) is 0 Å². The van der Waals surface area contributed by atoms with E-state index in [9.17, 15) is 4.79 Å². The summed E-state index contributed by atoms with van der Waals surface area (Å²) in [5, 5.41) is 8.37. The van der Waals surface area contributed by atoms with Gasteiger partial charge in [0.15, 0.2) is 0 Å². The highest BCUT2D eigenvalue weighted by Gasteiger charge is 2.24. The number of nitrogens with one attached hydrogen (secondary N) is 1. The van der Waals surface area contributed by atoms with E-state index in [0.717, 1.165) is 47.5 Å². The zero-order valence-corrected chi connectivity index (χ0v) is 16.2. The summed E-state index contributed by atoms with van der Waals surface area (Å²) in [5.74, 6) is 0.895. The van der Waals surface area contributed by atoms with Crippen LogP contribution >= 0.6 is 34.5 Å². The summed E-state index contributed by atoms with van der Waals surface area (Å²) in [6.07, 6.45) is 3.57. The van der Waals surface area contributed by atoms with Crippen LogP contribution in [0.2, 0.25) is 10.0 Å². The molecule has 1 N–H and O–H groups in total. The van der Waals surface area contributed by atoms with E-state index in [1.54, 1.807) is 6.07 Å². The molecule has 0 aliphatic carbocycles. The fourth-order valence-electron chi connectivity index (χ4n) is 3.33. The first-order valence-corrected chi connectivity index (χ1v) is 10.1. The van der Waals surface area contributed by atoms with E-state index in [4.69, 9.17) is 23.2 Å². The predicted octanol–water partition coefficient (Wildman–Crippen LogP) is 5.00. The SMILES string of the molecule is O=C(NC1CCN(c2nccc3cc(Cl)ccc23)CC1)c1sccc1Cl. The lowest BCUT2D eigenvalue weighted by Gasteiger charge is -2.33. The largest absolute Gasteiger partial charge is 0.356 e. The maximum absolute atomic E-state index is 12.3. The van der Waals surface area contributed by atoms with Gasteiger partial charge in [-0.3, -0.25) is 4.79 Å². The molecule has 0 saturated carbocycles. The minimum Gasteiger partial charge on any atom is -0.356 e. The summed E-state index contributed by atoms with van der Waals surface area (Å²) in [6, 6.07) is 9.76. The van der Waals surface area contributed by atoms with Crippen molar-refractivity contribution < 1.29 is 4.79 Å². The van der Waals surface area contributed by atoms with Crippen molar-refractivity contribution in [2.75, 3.05) is 18.0 Å². The van der Waals surface area contributed by atoms with Crippen LogP contribution in [-0.2, 0) is 0 Å². The van der Waals surface area contributed by atoms with Gasteiger partial charge in [0.2, 0.25) is 0 Å². The van der Waals surface area contributed by atoms with Gasteiger partial charge in [-0.05, 0) is 53.9 Å². The van der Waals surface area contributed by atoms with Gasteiger partial charge in [0.1, 0.15) is 10.7 Å². The lowest BCUT2D eigenvalue weighted by molar-refractivity contribution is 0.0935. The zero-order chi connectivity index (χ0) is 18.1. The second kappa shape index (κ2) is 7.43. The van der Waals surface area contributed by atoms with Crippen molar-refractivity contribution in [2.24, 2.45) is 0 Å². The third kappa shape index (κ3) is 3.52. The number of hydrogen-bond donors (Lipinski definition) is 1. The van der Waals surface area contributed by atoms with Gasteiger partial charge in [0, 0.05) is 35.7 Å². The Bertz CT molecular complexity index is 951. The zero-order valence-electron chi connectivity index (χ0n) is 13.9. The molecule has 4 rings (SSSR count). The maximum atomic E-state index is 12.3. The maximum Gasteiger partial charge on any atom is 0.263 e. The molecule has 7 heteroatoms. The molecule has 1 aliphatic heterocycles. The number of piperidine rings is 1. The normalized spacial score (nSPS) is 15.4. The number of fused-ring (bicyclic) bond motifs is 1. The molecule has 3 aromatic rings. The summed E-state index contributed by atoms with van der Waals surface area (Å²) in [5.41, 5.74) is 0. The third-order valence-corrected chi connectivity index (χ3v) is 6.23. The monoisotopic (exact) mass is 405 g/mol. The Hall–Kier alpha value is -1.82. The van der Waals surface area contributed by atoms with E-state index in [0.29, 0.717) is 9.90 Å². The Morgan fingerprint density at radius 2 is 2.00 bits per heavy atom. The lowest BCUT2D eigenvalue weighted by Crippen LogP contribution is -2.44. The number of nitrogens with zero attached hydrogens (tertiary/aromatic N) is 2. The lowest BCUT2D eigenvalue weighted by atomic mass is 10.0. The molecule has 4 nitrogen and oxygen atoms in total. The van der Waals surface area contributed by atoms with E-state index in [2.05, 4.69) is 15.2 Å². The minimum absolute atomic E-state index is 0.0821. The van der Waals surface area contributed by atoms with Crippen molar-refractivity contribution in [1.82, 2.24) is 10.3 Å². The van der Waals surface area contributed by atoms with Crippen LogP contribution in [0.15, 0.2) is 41.9 Å². The first kappa shape index (κ1) is 17.6. The van der Waals surface area contributed by atoms with Gasteiger partial charge in [-0.2, -0.15) is 0 Å². The summed E-state index contributed by atoms with van der Waals surface area (Å²) in [7, 11) is 0. The number of aromatic nitrogens is 1.